The number of hydrogen-bond acceptors (Lipinski definition) is 27. The van der Waals surface area contributed by atoms with Gasteiger partial charge in [0.25, 0.3) is 0 Å². The summed E-state index contributed by atoms with van der Waals surface area (Å²) in [5.41, 5.74) is 1.53. The van der Waals surface area contributed by atoms with Crippen molar-refractivity contribution < 1.29 is 134 Å². The Hall–Kier alpha value is -1.34. The highest BCUT2D eigenvalue weighted by Gasteiger charge is 2.60. The smallest absolute Gasteiger partial charge is 0.187 e. The van der Waals surface area contributed by atoms with E-state index in [4.69, 9.17) is 47.4 Å². The fourth-order valence-electron chi connectivity index (χ4n) is 16.1. The molecule has 0 spiro atoms. The fraction of sp³-hybridized carbons (Fsp3) is 0.966. The summed E-state index contributed by atoms with van der Waals surface area (Å²) in [7, 11) is 0. The van der Waals surface area contributed by atoms with Crippen LogP contribution < -0.4 is 0 Å². The molecule has 9 rings (SSSR count). The zero-order valence-electron chi connectivity index (χ0n) is 49.1. The molecule has 0 aromatic heterocycles. The van der Waals surface area contributed by atoms with Crippen molar-refractivity contribution in [3.63, 3.8) is 0 Å². The van der Waals surface area contributed by atoms with Gasteiger partial charge in [-0.05, 0) is 104 Å². The van der Waals surface area contributed by atoms with E-state index in [1.54, 1.807) is 0 Å². The van der Waals surface area contributed by atoms with Gasteiger partial charge in [-0.3, -0.25) is 0 Å². The highest BCUT2D eigenvalue weighted by atomic mass is 16.8. The molecule has 0 bridgehead atoms. The van der Waals surface area contributed by atoms with Gasteiger partial charge in [-0.2, -0.15) is 0 Å². The number of hydrogen-bond donors (Lipinski definition) is 17. The van der Waals surface area contributed by atoms with Gasteiger partial charge in [0.2, 0.25) is 0 Å². The minimum Gasteiger partial charge on any atom is -0.394 e. The van der Waals surface area contributed by atoms with Crippen molar-refractivity contribution in [2.45, 2.75) is 258 Å². The van der Waals surface area contributed by atoms with Crippen LogP contribution in [-0.4, -0.2) is 286 Å². The van der Waals surface area contributed by atoms with E-state index in [1.165, 1.54) is 5.57 Å². The van der Waals surface area contributed by atoms with Crippen molar-refractivity contribution in [3.8, 4) is 0 Å². The topological polar surface area (TPSA) is 436 Å². The molecule has 5 saturated heterocycles. The second-order valence-corrected chi connectivity index (χ2v) is 26.7. The Balaban J connectivity index is 0.820. The van der Waals surface area contributed by atoms with Crippen molar-refractivity contribution in [1.29, 1.82) is 0 Å². The summed E-state index contributed by atoms with van der Waals surface area (Å²) in [6, 6.07) is 0. The molecule has 0 amide bonds. The molecule has 17 N–H and O–H groups in total. The Labute approximate surface area is 494 Å². The van der Waals surface area contributed by atoms with Crippen molar-refractivity contribution in [2.75, 3.05) is 39.6 Å². The molecule has 35 atom stereocenters. The molecular weight excluding hydrogens is 1130 g/mol. The summed E-state index contributed by atoms with van der Waals surface area (Å²) < 4.78 is 58.8. The van der Waals surface area contributed by atoms with E-state index < -0.39 is 187 Å². The van der Waals surface area contributed by atoms with Gasteiger partial charge in [0, 0.05) is 0 Å². The first kappa shape index (κ1) is 68.0. The number of allylic oxidation sites excluding steroid dienone is 1. The zero-order chi connectivity index (χ0) is 61.7. The van der Waals surface area contributed by atoms with Crippen LogP contribution in [0, 0.1) is 52.3 Å². The van der Waals surface area contributed by atoms with Gasteiger partial charge in [-0.15, -0.1) is 0 Å². The number of fused-ring (bicyclic) bond motifs is 5. The first-order valence-electron chi connectivity index (χ1n) is 30.8. The van der Waals surface area contributed by atoms with Crippen LogP contribution in [0.2, 0.25) is 0 Å². The lowest BCUT2D eigenvalue weighted by Gasteiger charge is -2.58. The van der Waals surface area contributed by atoms with Gasteiger partial charge in [-0.1, -0.05) is 59.1 Å². The molecule has 85 heavy (non-hydrogen) atoms. The van der Waals surface area contributed by atoms with Crippen LogP contribution in [0.4, 0.5) is 0 Å². The van der Waals surface area contributed by atoms with Crippen LogP contribution in [0.1, 0.15) is 98.8 Å². The van der Waals surface area contributed by atoms with Crippen LogP contribution in [0.3, 0.4) is 0 Å². The van der Waals surface area contributed by atoms with E-state index in [9.17, 15) is 86.8 Å². The van der Waals surface area contributed by atoms with Crippen LogP contribution in [0.25, 0.3) is 0 Å². The molecule has 27 heteroatoms. The maximum absolute atomic E-state index is 11.8. The highest BCUT2D eigenvalue weighted by molar-refractivity contribution is 5.25. The molecule has 0 aromatic carbocycles. The molecule has 0 unspecified atom stereocenters. The Kier molecular flexibility index (Phi) is 22.6. The van der Waals surface area contributed by atoms with Gasteiger partial charge in [0.1, 0.15) is 122 Å². The van der Waals surface area contributed by atoms with Crippen molar-refractivity contribution in [1.82, 2.24) is 0 Å². The highest BCUT2D eigenvalue weighted by Crippen LogP contribution is 2.67. The lowest BCUT2D eigenvalue weighted by atomic mass is 9.47. The van der Waals surface area contributed by atoms with Crippen LogP contribution in [0.5, 0.6) is 0 Å². The molecule has 8 fully saturated rings. The first-order valence-corrected chi connectivity index (χ1v) is 30.8. The van der Waals surface area contributed by atoms with Gasteiger partial charge in [0.15, 0.2) is 31.5 Å². The Bertz CT molecular complexity index is 2140. The summed E-state index contributed by atoms with van der Waals surface area (Å²) in [4.78, 5) is 0. The minimum atomic E-state index is -2.03. The predicted octanol–water partition coefficient (Wildman–Crippen LogP) is -4.27. The maximum Gasteiger partial charge on any atom is 0.187 e. The molecule has 9 aliphatic rings. The average molecular weight is 1230 g/mol. The van der Waals surface area contributed by atoms with Crippen LogP contribution in [-0.2, 0) is 47.4 Å². The van der Waals surface area contributed by atoms with E-state index in [0.29, 0.717) is 36.0 Å². The molecule has 3 saturated carbocycles. The normalized spacial score (nSPS) is 51.4. The molecule has 5 heterocycles. The van der Waals surface area contributed by atoms with E-state index >= 15 is 0 Å². The third-order valence-electron chi connectivity index (χ3n) is 21.7. The lowest BCUT2D eigenvalue weighted by molar-refractivity contribution is -0.387. The second-order valence-electron chi connectivity index (χ2n) is 26.7. The molecule has 0 radical (unpaired) electrons. The molecular formula is C58H98O27. The standard InChI is InChI=1S/C58H98O27/c1-23(6-7-24(2)29-10-11-30-28-9-8-26-16-27(12-14-57(26,4)31(28)13-15-58(29,30)5)78-53-47(73)42(68)38(64)33(18-60)80-53)25(3)21-76-56-51(44(70)40(66)36(83-56)22-77-52-46(72)41(67)37(63)32(17-59)79-52)85-55-49(75)45(71)50(35(20-62)82-55)84-54-48(74)43(69)39(65)34(19-61)81-54/h8,23-25,27-56,59-75H,6-7,9-22H2,1-5H3/t23-,24-,25-,27+,28+,29-,30+,31+,32-,33-,34-,35-,36-,37-,38-,39-,40-,41+,42+,43+,44+,45-,46-,47-,48-,49-,50-,51-,52-,53-,54+,55+,56-,57+,58-/m1/s1. The Morgan fingerprint density at radius 2 is 0.965 bits per heavy atom. The predicted molar refractivity (Wildman–Crippen MR) is 288 cm³/mol. The first-order chi connectivity index (χ1) is 40.3. The van der Waals surface area contributed by atoms with E-state index in [0.717, 1.165) is 57.8 Å². The molecule has 5 aliphatic heterocycles. The van der Waals surface area contributed by atoms with Gasteiger partial charge in [-0.25, -0.2) is 0 Å². The van der Waals surface area contributed by atoms with Crippen LogP contribution >= 0.6 is 0 Å². The van der Waals surface area contributed by atoms with Crippen molar-refractivity contribution in [2.24, 2.45) is 52.3 Å². The SMILES string of the molecule is C[C@H](CC[C@@H](C)[C@H]1CC[C@H]2[C@@H]3CC=C4C[C@@H](O[C@@H]5O[C@H](CO)[C@@H](O)[C@H](O)[C@H]5O)CC[C@]4(C)[C@H]3CC[C@]12C)[C@H](C)CO[C@@H]1O[C@H](CO[C@@H]2O[C@H](CO)[C@@H](O)[C@H](O)[C@H]2O)[C@@H](O)[C@H](O)[C@H]1O[C@@H]1O[C@H](CO)[C@@H](O[C@@H]2O[C@H](CO)[C@@H](O)[C@H](O)[C@H]2O)[C@H](O)[C@H]1O. The minimum absolute atomic E-state index is 0.00431. The lowest BCUT2D eigenvalue weighted by Crippen LogP contribution is -2.66. The summed E-state index contributed by atoms with van der Waals surface area (Å²) >= 11 is 0. The van der Waals surface area contributed by atoms with E-state index in [-0.39, 0.29) is 35.4 Å². The number of aliphatic hydroxyl groups is 17. The average Bonchev–Trinajstić information content (AvgIpc) is 1.76. The van der Waals surface area contributed by atoms with Crippen molar-refractivity contribution >= 4 is 0 Å². The summed E-state index contributed by atoms with van der Waals surface area (Å²) in [6.07, 6.45) is -29.1. The maximum atomic E-state index is 11.8. The van der Waals surface area contributed by atoms with E-state index in [2.05, 4.69) is 33.8 Å². The molecule has 492 valence electrons. The Morgan fingerprint density at radius 3 is 1.55 bits per heavy atom. The quantitative estimate of drug-likeness (QED) is 0.0484. The van der Waals surface area contributed by atoms with Gasteiger partial charge in [0.05, 0.1) is 45.7 Å². The van der Waals surface area contributed by atoms with Crippen molar-refractivity contribution in [3.05, 3.63) is 11.6 Å². The van der Waals surface area contributed by atoms with Gasteiger partial charge >= 0.3 is 0 Å². The summed E-state index contributed by atoms with van der Waals surface area (Å²) in [6.45, 7) is 7.88. The van der Waals surface area contributed by atoms with Gasteiger partial charge < -0.3 is 134 Å². The van der Waals surface area contributed by atoms with E-state index in [1.807, 2.05) is 6.92 Å². The molecule has 0 aromatic rings. The number of rotatable bonds is 21. The number of aliphatic hydroxyl groups excluding tert-OH is 17. The molecule has 27 nitrogen and oxygen atoms in total. The third kappa shape index (κ3) is 13.5. The third-order valence-corrected chi connectivity index (χ3v) is 21.7. The second kappa shape index (κ2) is 28.3. The molecule has 4 aliphatic carbocycles. The largest absolute Gasteiger partial charge is 0.394 e. The summed E-state index contributed by atoms with van der Waals surface area (Å²) in [5, 5.41) is 180. The number of ether oxygens (including phenoxy) is 10. The zero-order valence-corrected chi connectivity index (χ0v) is 49.1. The fourth-order valence-corrected chi connectivity index (χ4v) is 16.1. The summed E-state index contributed by atoms with van der Waals surface area (Å²) in [5.74, 6) is 2.51. The van der Waals surface area contributed by atoms with Crippen LogP contribution in [0.15, 0.2) is 11.6 Å². The Morgan fingerprint density at radius 1 is 0.471 bits per heavy atom. The monoisotopic (exact) mass is 1230 g/mol.